The van der Waals surface area contributed by atoms with Crippen LogP contribution in [-0.2, 0) is 33.0 Å². The van der Waals surface area contributed by atoms with Crippen LogP contribution >= 0.6 is 0 Å². The van der Waals surface area contributed by atoms with Gasteiger partial charge >= 0.3 is 11.9 Å². The molecule has 1 aliphatic rings. The Hall–Kier alpha value is -1.26. The highest BCUT2D eigenvalue weighted by Crippen LogP contribution is 2.40. The molecule has 156 valence electrons. The third-order valence-electron chi connectivity index (χ3n) is 4.87. The Labute approximate surface area is 161 Å². The van der Waals surface area contributed by atoms with Gasteiger partial charge in [-0.25, -0.2) is 4.79 Å². The van der Waals surface area contributed by atoms with Gasteiger partial charge in [-0.3, -0.25) is 4.79 Å². The summed E-state index contributed by atoms with van der Waals surface area (Å²) < 4.78 is 27.4. The molecule has 9 heteroatoms. The summed E-state index contributed by atoms with van der Waals surface area (Å²) in [5, 5.41) is 10.6. The molecule has 0 bridgehead atoms. The molecular weight excluding hydrogens is 372 g/mol. The van der Waals surface area contributed by atoms with Gasteiger partial charge in [0.05, 0.1) is 13.7 Å². The van der Waals surface area contributed by atoms with Gasteiger partial charge < -0.3 is 28.5 Å². The minimum absolute atomic E-state index is 0.0979. The summed E-state index contributed by atoms with van der Waals surface area (Å²) in [6.45, 7) is 15.0. The topological polar surface area (TPSA) is 101 Å². The van der Waals surface area contributed by atoms with Gasteiger partial charge in [-0.1, -0.05) is 26.8 Å². The molecule has 0 aliphatic carbocycles. The van der Waals surface area contributed by atoms with E-state index in [0.29, 0.717) is 0 Å². The fraction of sp³-hybridized carbons (Fsp3) is 0.778. The molecule has 0 spiro atoms. The van der Waals surface area contributed by atoms with E-state index in [0.717, 1.165) is 0 Å². The lowest BCUT2D eigenvalue weighted by atomic mass is 9.98. The van der Waals surface area contributed by atoms with E-state index in [4.69, 9.17) is 23.4 Å². The number of carbonyl (C=O) groups excluding carboxylic acids is 2. The van der Waals surface area contributed by atoms with E-state index in [1.165, 1.54) is 20.1 Å². The van der Waals surface area contributed by atoms with Gasteiger partial charge in [0.1, 0.15) is 12.2 Å². The van der Waals surface area contributed by atoms with Crippen LogP contribution in [0.3, 0.4) is 0 Å². The van der Waals surface area contributed by atoms with Crippen LogP contribution in [0.1, 0.15) is 27.7 Å². The second kappa shape index (κ2) is 9.29. The number of carbonyl (C=O) groups is 2. The lowest BCUT2D eigenvalue weighted by molar-refractivity contribution is -0.291. The van der Waals surface area contributed by atoms with E-state index in [1.807, 2.05) is 33.9 Å². The van der Waals surface area contributed by atoms with Crippen molar-refractivity contribution in [3.8, 4) is 0 Å². The van der Waals surface area contributed by atoms with Crippen LogP contribution in [0.2, 0.25) is 18.1 Å². The van der Waals surface area contributed by atoms with Crippen molar-refractivity contribution in [3.63, 3.8) is 0 Å². The summed E-state index contributed by atoms with van der Waals surface area (Å²) in [6, 6.07) is 0. The maximum absolute atomic E-state index is 12.3. The molecule has 5 atom stereocenters. The average Bonchev–Trinajstić information content (AvgIpc) is 2.55. The van der Waals surface area contributed by atoms with Crippen LogP contribution < -0.4 is 0 Å². The van der Waals surface area contributed by atoms with E-state index in [9.17, 15) is 14.7 Å². The maximum atomic E-state index is 12.3. The zero-order chi connectivity index (χ0) is 21.0. The van der Waals surface area contributed by atoms with E-state index < -0.39 is 51.0 Å². The normalized spacial score (nSPS) is 29.1. The van der Waals surface area contributed by atoms with Crippen molar-refractivity contribution in [1.82, 2.24) is 0 Å². The first kappa shape index (κ1) is 23.8. The van der Waals surface area contributed by atoms with Crippen molar-refractivity contribution >= 4 is 20.3 Å². The smallest absolute Gasteiger partial charge is 0.339 e. The quantitative estimate of drug-likeness (QED) is 0.389. The molecule has 27 heavy (non-hydrogen) atoms. The number of aliphatic hydroxyl groups is 1. The fourth-order valence-corrected chi connectivity index (χ4v) is 3.71. The number of methoxy groups -OCH3 is 1. The predicted octanol–water partition coefficient (Wildman–Crippen LogP) is 1.77. The van der Waals surface area contributed by atoms with E-state index >= 15 is 0 Å². The number of aliphatic hydroxyl groups excluding tert-OH is 1. The molecule has 1 N–H and O–H groups in total. The van der Waals surface area contributed by atoms with Crippen molar-refractivity contribution < 1.29 is 38.1 Å². The number of hydrogen-bond acceptors (Lipinski definition) is 8. The molecule has 0 saturated carbocycles. The molecule has 0 radical (unpaired) electrons. The first-order valence-corrected chi connectivity index (χ1v) is 11.8. The van der Waals surface area contributed by atoms with Crippen LogP contribution in [0.15, 0.2) is 12.7 Å². The van der Waals surface area contributed by atoms with Gasteiger partial charge in [-0.05, 0) is 18.1 Å². The van der Waals surface area contributed by atoms with Gasteiger partial charge in [-0.2, -0.15) is 0 Å². The Morgan fingerprint density at radius 1 is 1.26 bits per heavy atom. The summed E-state index contributed by atoms with van der Waals surface area (Å²) in [6.07, 6.45) is -4.40. The van der Waals surface area contributed by atoms with Gasteiger partial charge in [-0.15, -0.1) is 6.58 Å². The summed E-state index contributed by atoms with van der Waals surface area (Å²) in [5.74, 6) is -1.37. The number of hydrogen-bond donors (Lipinski definition) is 1. The van der Waals surface area contributed by atoms with E-state index in [1.54, 1.807) is 0 Å². The monoisotopic (exact) mass is 404 g/mol. The standard InChI is InChI=1S/C18H32O8Si/c1-9-10-23-17-12(20)13(26-27(7,8)18(3,4)5)14(24-11(2)19)15(25-17)16(21)22-6/h9,12-15,17,20H,1,10H2,2-8H3/t12-,13-,14+,15+,17-/m1/s1. The Bertz CT molecular complexity index is 542. The molecule has 1 saturated heterocycles. The highest BCUT2D eigenvalue weighted by atomic mass is 28.4. The van der Waals surface area contributed by atoms with Crippen LogP contribution in [0, 0.1) is 0 Å². The average molecular weight is 405 g/mol. The third kappa shape index (κ3) is 5.85. The molecule has 0 aromatic rings. The van der Waals surface area contributed by atoms with Crippen molar-refractivity contribution in [1.29, 1.82) is 0 Å². The van der Waals surface area contributed by atoms with Crippen LogP contribution in [-0.4, -0.2) is 69.8 Å². The molecular formula is C18H32O8Si. The Morgan fingerprint density at radius 2 is 1.85 bits per heavy atom. The van der Waals surface area contributed by atoms with Crippen molar-refractivity contribution in [2.75, 3.05) is 13.7 Å². The van der Waals surface area contributed by atoms with Crippen molar-refractivity contribution in [2.24, 2.45) is 0 Å². The van der Waals surface area contributed by atoms with Crippen molar-refractivity contribution in [3.05, 3.63) is 12.7 Å². The fourth-order valence-electron chi connectivity index (χ4n) is 2.40. The maximum Gasteiger partial charge on any atom is 0.339 e. The van der Waals surface area contributed by atoms with Gasteiger partial charge in [0.2, 0.25) is 0 Å². The SMILES string of the molecule is C=CCO[C@@H]1O[C@H](C(=O)OC)[C@@H](OC(C)=O)[C@H](O[Si](C)(C)C(C)(C)C)[C@H]1O. The van der Waals surface area contributed by atoms with Crippen LogP contribution in [0.4, 0.5) is 0 Å². The van der Waals surface area contributed by atoms with Gasteiger partial charge in [0.25, 0.3) is 0 Å². The number of rotatable bonds is 7. The summed E-state index contributed by atoms with van der Waals surface area (Å²) >= 11 is 0. The molecule has 0 aromatic heterocycles. The van der Waals surface area contributed by atoms with Crippen LogP contribution in [0.25, 0.3) is 0 Å². The molecule has 0 amide bonds. The molecule has 8 nitrogen and oxygen atoms in total. The van der Waals surface area contributed by atoms with E-state index in [2.05, 4.69) is 6.58 Å². The second-order valence-corrected chi connectivity index (χ2v) is 12.7. The Morgan fingerprint density at radius 3 is 2.30 bits per heavy atom. The molecule has 0 aromatic carbocycles. The molecule has 0 unspecified atom stereocenters. The van der Waals surface area contributed by atoms with Crippen molar-refractivity contribution in [2.45, 2.75) is 76.5 Å². The predicted molar refractivity (Wildman–Crippen MR) is 100 cm³/mol. The lowest BCUT2D eigenvalue weighted by Gasteiger charge is -2.47. The first-order chi connectivity index (χ1) is 12.4. The van der Waals surface area contributed by atoms with E-state index in [-0.39, 0.29) is 11.6 Å². The molecule has 1 fully saturated rings. The second-order valence-electron chi connectivity index (χ2n) is 7.98. The van der Waals surface area contributed by atoms with Gasteiger partial charge in [0.15, 0.2) is 26.8 Å². The summed E-state index contributed by atoms with van der Waals surface area (Å²) in [4.78, 5) is 23.9. The zero-order valence-electron chi connectivity index (χ0n) is 17.2. The third-order valence-corrected chi connectivity index (χ3v) is 9.34. The first-order valence-electron chi connectivity index (χ1n) is 8.84. The minimum atomic E-state index is -2.40. The zero-order valence-corrected chi connectivity index (χ0v) is 18.2. The Kier molecular flexibility index (Phi) is 8.18. The molecule has 1 aliphatic heterocycles. The summed E-state index contributed by atoms with van der Waals surface area (Å²) in [7, 11) is -1.20. The minimum Gasteiger partial charge on any atom is -0.467 e. The van der Waals surface area contributed by atoms with Gasteiger partial charge in [0, 0.05) is 6.92 Å². The largest absolute Gasteiger partial charge is 0.467 e. The highest BCUT2D eigenvalue weighted by molar-refractivity contribution is 6.74. The number of esters is 2. The molecule has 1 rings (SSSR count). The lowest BCUT2D eigenvalue weighted by Crippen LogP contribution is -2.65. The Balaban J connectivity index is 3.30. The number of ether oxygens (including phenoxy) is 4. The van der Waals surface area contributed by atoms with Crippen LogP contribution in [0.5, 0.6) is 0 Å². The summed E-state index contributed by atoms with van der Waals surface area (Å²) in [5.41, 5.74) is 0. The highest BCUT2D eigenvalue weighted by Gasteiger charge is 2.54. The molecule has 1 heterocycles.